The normalized spacial score (nSPS) is 14.1. The zero-order valence-electron chi connectivity index (χ0n) is 17.6. The first kappa shape index (κ1) is 23.5. The summed E-state index contributed by atoms with van der Waals surface area (Å²) in [6, 6.07) is 0.251. The molecule has 1 heterocycles. The number of carboxylic acid groups (broad SMARTS) is 1. The van der Waals surface area contributed by atoms with E-state index in [1.807, 2.05) is 20.8 Å². The standard InChI is InChI=1S/C19H31N3O6/c1-18(2,3)14(22-11-10-13(21-22)16(25)27-7)9-8-12(15(23)24)20-17(26)28-19(4,5)6/h10-12,14H,8-9H2,1-7H3,(H,20,26)(H,23,24). The zero-order valence-corrected chi connectivity index (χ0v) is 17.6. The summed E-state index contributed by atoms with van der Waals surface area (Å²) in [5, 5.41) is 16.1. The van der Waals surface area contributed by atoms with Crippen LogP contribution in [0.15, 0.2) is 12.3 Å². The van der Waals surface area contributed by atoms with Gasteiger partial charge in [-0.25, -0.2) is 14.4 Å². The summed E-state index contributed by atoms with van der Waals surface area (Å²) in [6.07, 6.45) is 1.47. The molecule has 1 amide bonds. The van der Waals surface area contributed by atoms with Crippen LogP contribution in [0.5, 0.6) is 0 Å². The number of carbonyl (C=O) groups is 3. The van der Waals surface area contributed by atoms with Crippen molar-refractivity contribution in [3.63, 3.8) is 0 Å². The van der Waals surface area contributed by atoms with E-state index in [0.717, 1.165) is 0 Å². The highest BCUT2D eigenvalue weighted by Gasteiger charge is 2.31. The quantitative estimate of drug-likeness (QED) is 0.679. The summed E-state index contributed by atoms with van der Waals surface area (Å²) >= 11 is 0. The minimum Gasteiger partial charge on any atom is -0.480 e. The third-order valence-corrected chi connectivity index (χ3v) is 4.04. The Morgan fingerprint density at radius 2 is 1.79 bits per heavy atom. The monoisotopic (exact) mass is 397 g/mol. The number of nitrogens with zero attached hydrogens (tertiary/aromatic N) is 2. The van der Waals surface area contributed by atoms with Crippen LogP contribution in [-0.2, 0) is 14.3 Å². The maximum atomic E-state index is 11.9. The van der Waals surface area contributed by atoms with Gasteiger partial charge in [0.1, 0.15) is 11.6 Å². The Balaban J connectivity index is 2.91. The van der Waals surface area contributed by atoms with Gasteiger partial charge >= 0.3 is 18.0 Å². The third kappa shape index (κ3) is 7.21. The zero-order chi connectivity index (χ0) is 21.7. The molecule has 0 spiro atoms. The second-order valence-electron chi connectivity index (χ2n) is 8.67. The number of alkyl carbamates (subject to hydrolysis) is 1. The van der Waals surface area contributed by atoms with E-state index in [1.54, 1.807) is 37.7 Å². The van der Waals surface area contributed by atoms with E-state index in [4.69, 9.17) is 4.74 Å². The number of aromatic nitrogens is 2. The fourth-order valence-corrected chi connectivity index (χ4v) is 2.72. The van der Waals surface area contributed by atoms with Crippen LogP contribution >= 0.6 is 0 Å². The molecule has 0 saturated heterocycles. The maximum Gasteiger partial charge on any atom is 0.408 e. The van der Waals surface area contributed by atoms with Gasteiger partial charge in [0.25, 0.3) is 0 Å². The van der Waals surface area contributed by atoms with Crippen molar-refractivity contribution in [1.29, 1.82) is 0 Å². The molecule has 0 aliphatic carbocycles. The molecule has 0 fully saturated rings. The second-order valence-corrected chi connectivity index (χ2v) is 8.67. The molecule has 0 radical (unpaired) electrons. The predicted molar refractivity (Wildman–Crippen MR) is 102 cm³/mol. The van der Waals surface area contributed by atoms with Gasteiger partial charge in [0.15, 0.2) is 5.69 Å². The van der Waals surface area contributed by atoms with Gasteiger partial charge < -0.3 is 19.9 Å². The number of hydrogen-bond donors (Lipinski definition) is 2. The fourth-order valence-electron chi connectivity index (χ4n) is 2.72. The van der Waals surface area contributed by atoms with Crippen LogP contribution in [0.25, 0.3) is 0 Å². The first-order valence-corrected chi connectivity index (χ1v) is 9.10. The van der Waals surface area contributed by atoms with Crippen molar-refractivity contribution in [2.45, 2.75) is 72.1 Å². The van der Waals surface area contributed by atoms with Crippen LogP contribution in [0.3, 0.4) is 0 Å². The van der Waals surface area contributed by atoms with Crippen LogP contribution in [0.1, 0.15) is 70.9 Å². The molecule has 9 heteroatoms. The lowest BCUT2D eigenvalue weighted by Gasteiger charge is -2.32. The summed E-state index contributed by atoms with van der Waals surface area (Å²) < 4.78 is 11.4. The van der Waals surface area contributed by atoms with Gasteiger partial charge in [0, 0.05) is 6.20 Å². The lowest BCUT2D eigenvalue weighted by molar-refractivity contribution is -0.139. The number of nitrogens with one attached hydrogen (secondary N) is 1. The van der Waals surface area contributed by atoms with Crippen molar-refractivity contribution in [3.05, 3.63) is 18.0 Å². The number of methoxy groups -OCH3 is 1. The van der Waals surface area contributed by atoms with Crippen molar-refractivity contribution in [1.82, 2.24) is 15.1 Å². The predicted octanol–water partition coefficient (Wildman–Crippen LogP) is 3.02. The number of aliphatic carboxylic acids is 1. The van der Waals surface area contributed by atoms with Gasteiger partial charge in [-0.05, 0) is 45.1 Å². The largest absolute Gasteiger partial charge is 0.480 e. The summed E-state index contributed by atoms with van der Waals surface area (Å²) in [7, 11) is 1.28. The number of amides is 1. The van der Waals surface area contributed by atoms with E-state index in [2.05, 4.69) is 15.2 Å². The SMILES string of the molecule is COC(=O)c1ccn(C(CCC(NC(=O)OC(C)(C)C)C(=O)O)C(C)(C)C)n1. The van der Waals surface area contributed by atoms with Crippen molar-refractivity contribution in [2.75, 3.05) is 7.11 Å². The van der Waals surface area contributed by atoms with E-state index < -0.39 is 29.7 Å². The third-order valence-electron chi connectivity index (χ3n) is 4.04. The van der Waals surface area contributed by atoms with Gasteiger partial charge in [-0.1, -0.05) is 20.8 Å². The molecule has 2 atom stereocenters. The number of ether oxygens (including phenoxy) is 2. The molecule has 1 aromatic heterocycles. The van der Waals surface area contributed by atoms with Crippen molar-refractivity contribution < 1.29 is 29.0 Å². The minimum atomic E-state index is -1.14. The van der Waals surface area contributed by atoms with Crippen LogP contribution in [-0.4, -0.2) is 51.7 Å². The number of carbonyl (C=O) groups excluding carboxylic acids is 2. The first-order valence-electron chi connectivity index (χ1n) is 9.10. The molecule has 0 aromatic carbocycles. The highest BCUT2D eigenvalue weighted by Crippen LogP contribution is 2.34. The Morgan fingerprint density at radius 1 is 1.18 bits per heavy atom. The smallest absolute Gasteiger partial charge is 0.408 e. The van der Waals surface area contributed by atoms with E-state index in [9.17, 15) is 19.5 Å². The van der Waals surface area contributed by atoms with E-state index in [-0.39, 0.29) is 23.6 Å². The molecular formula is C19H31N3O6. The van der Waals surface area contributed by atoms with E-state index >= 15 is 0 Å². The van der Waals surface area contributed by atoms with E-state index in [1.165, 1.54) is 7.11 Å². The van der Waals surface area contributed by atoms with Gasteiger partial charge in [0.2, 0.25) is 0 Å². The maximum absolute atomic E-state index is 11.9. The lowest BCUT2D eigenvalue weighted by atomic mass is 9.83. The van der Waals surface area contributed by atoms with Crippen molar-refractivity contribution in [3.8, 4) is 0 Å². The van der Waals surface area contributed by atoms with Crippen LogP contribution < -0.4 is 5.32 Å². The lowest BCUT2D eigenvalue weighted by Crippen LogP contribution is -2.44. The number of carboxylic acids is 1. The molecule has 2 unspecified atom stereocenters. The number of rotatable bonds is 7. The summed E-state index contributed by atoms with van der Waals surface area (Å²) in [6.45, 7) is 11.1. The van der Waals surface area contributed by atoms with Crippen LogP contribution in [0.4, 0.5) is 4.79 Å². The first-order chi connectivity index (χ1) is 12.7. The average molecular weight is 397 g/mol. The Kier molecular flexibility index (Phi) is 7.60. The van der Waals surface area contributed by atoms with Gasteiger partial charge in [-0.2, -0.15) is 5.10 Å². The molecule has 158 valence electrons. The molecule has 0 aliphatic heterocycles. The molecular weight excluding hydrogens is 366 g/mol. The molecule has 0 saturated carbocycles. The summed E-state index contributed by atoms with van der Waals surface area (Å²) in [5.41, 5.74) is -0.812. The van der Waals surface area contributed by atoms with Gasteiger partial charge in [-0.3, -0.25) is 4.68 Å². The summed E-state index contributed by atoms with van der Waals surface area (Å²) in [5.74, 6) is -1.68. The Morgan fingerprint density at radius 3 is 2.25 bits per heavy atom. The molecule has 28 heavy (non-hydrogen) atoms. The highest BCUT2D eigenvalue weighted by atomic mass is 16.6. The molecule has 9 nitrogen and oxygen atoms in total. The highest BCUT2D eigenvalue weighted by molar-refractivity contribution is 5.86. The molecule has 0 aliphatic rings. The summed E-state index contributed by atoms with van der Waals surface area (Å²) in [4.78, 5) is 35.2. The van der Waals surface area contributed by atoms with Crippen molar-refractivity contribution >= 4 is 18.0 Å². The van der Waals surface area contributed by atoms with E-state index in [0.29, 0.717) is 6.42 Å². The Labute approximate surface area is 165 Å². The van der Waals surface area contributed by atoms with Crippen LogP contribution in [0.2, 0.25) is 0 Å². The average Bonchev–Trinajstić information content (AvgIpc) is 2.99. The molecule has 1 aromatic rings. The van der Waals surface area contributed by atoms with Crippen LogP contribution in [0, 0.1) is 5.41 Å². The Bertz CT molecular complexity index is 699. The van der Waals surface area contributed by atoms with Gasteiger partial charge in [0.05, 0.1) is 13.2 Å². The fraction of sp³-hybridized carbons (Fsp3) is 0.684. The topological polar surface area (TPSA) is 120 Å². The Hall–Kier alpha value is -2.58. The minimum absolute atomic E-state index is 0.171. The van der Waals surface area contributed by atoms with Crippen molar-refractivity contribution in [2.24, 2.45) is 5.41 Å². The molecule has 2 N–H and O–H groups in total. The molecule has 0 bridgehead atoms. The number of hydrogen-bond acceptors (Lipinski definition) is 6. The van der Waals surface area contributed by atoms with Gasteiger partial charge in [-0.15, -0.1) is 0 Å². The second kappa shape index (κ2) is 9.07. The molecule has 1 rings (SSSR count). The number of esters is 1.